The fourth-order valence-electron chi connectivity index (χ4n) is 4.17. The zero-order chi connectivity index (χ0) is 28.6. The summed E-state index contributed by atoms with van der Waals surface area (Å²) in [6, 6.07) is 11.2. The minimum absolute atomic E-state index is 0.0655. The van der Waals surface area contributed by atoms with Gasteiger partial charge in [0.25, 0.3) is 0 Å². The Morgan fingerprint density at radius 2 is 1.82 bits per heavy atom. The van der Waals surface area contributed by atoms with E-state index >= 15 is 0 Å². The largest absolute Gasteiger partial charge is 0.493 e. The third-order valence-corrected chi connectivity index (χ3v) is 7.26. The van der Waals surface area contributed by atoms with Gasteiger partial charge in [-0.25, -0.2) is 0 Å². The Bertz CT molecular complexity index is 982. The van der Waals surface area contributed by atoms with Gasteiger partial charge in [0.15, 0.2) is 11.5 Å². The Labute approximate surface area is 240 Å². The van der Waals surface area contributed by atoms with Gasteiger partial charge in [-0.15, -0.1) is 6.58 Å². The van der Waals surface area contributed by atoms with Crippen molar-refractivity contribution in [3.05, 3.63) is 64.7 Å². The highest BCUT2D eigenvalue weighted by molar-refractivity contribution is 6.42. The molecule has 0 aromatic heterocycles. The molecule has 212 valence electrons. The molecule has 0 radical (unpaired) electrons. The van der Waals surface area contributed by atoms with Crippen molar-refractivity contribution in [3.8, 4) is 11.5 Å². The Kier molecular flexibility index (Phi) is 16.1. The predicted molar refractivity (Wildman–Crippen MR) is 163 cm³/mol. The molecule has 1 aliphatic heterocycles. The standard InChI is InChI=1S/C17H26N2O3.C12H14Cl2.C2H6/c1-14-4-3-8-19(9-7-14)10-11-22-17-12-15(18-13-20)5-6-16(17)21-2;1-4-7-12(2,3)9-5-6-10(13)11(14)8-9;1-2/h5-6,12-14H,3-4,7-11H2,1-2H3,(H,18,20);4-6,8H,1,7H2,2-3H3;1-2H3. The van der Waals surface area contributed by atoms with Crippen LogP contribution in [0.15, 0.2) is 49.1 Å². The van der Waals surface area contributed by atoms with E-state index in [4.69, 9.17) is 32.7 Å². The molecule has 3 rings (SSSR count). The van der Waals surface area contributed by atoms with E-state index in [0.717, 1.165) is 32.0 Å². The Hall–Kier alpha value is -2.21. The summed E-state index contributed by atoms with van der Waals surface area (Å²) in [6.07, 6.45) is 7.35. The van der Waals surface area contributed by atoms with Crippen molar-refractivity contribution < 1.29 is 14.3 Å². The topological polar surface area (TPSA) is 50.8 Å². The summed E-state index contributed by atoms with van der Waals surface area (Å²) in [6.45, 7) is 18.2. The number of carbonyl (C=O) groups excluding carboxylic acids is 1. The van der Waals surface area contributed by atoms with Crippen molar-refractivity contribution in [2.75, 3.05) is 38.7 Å². The molecule has 0 saturated carbocycles. The predicted octanol–water partition coefficient (Wildman–Crippen LogP) is 8.64. The maximum absolute atomic E-state index is 10.5. The highest BCUT2D eigenvalue weighted by Crippen LogP contribution is 2.32. The van der Waals surface area contributed by atoms with Crippen LogP contribution in [0.5, 0.6) is 11.5 Å². The van der Waals surface area contributed by atoms with Crippen molar-refractivity contribution >= 4 is 35.3 Å². The number of nitrogens with one attached hydrogen (secondary N) is 1. The fourth-order valence-corrected chi connectivity index (χ4v) is 4.47. The number of halogens is 2. The molecule has 1 saturated heterocycles. The van der Waals surface area contributed by atoms with Crippen LogP contribution < -0.4 is 14.8 Å². The average Bonchev–Trinajstić information content (AvgIpc) is 3.11. The van der Waals surface area contributed by atoms with E-state index in [1.807, 2.05) is 38.1 Å². The van der Waals surface area contributed by atoms with E-state index in [-0.39, 0.29) is 5.41 Å². The fraction of sp³-hybridized carbons (Fsp3) is 0.516. The molecule has 7 heteroatoms. The van der Waals surface area contributed by atoms with Crippen LogP contribution in [0.25, 0.3) is 0 Å². The summed E-state index contributed by atoms with van der Waals surface area (Å²) in [5.74, 6) is 2.18. The van der Waals surface area contributed by atoms with Crippen molar-refractivity contribution in [1.82, 2.24) is 4.90 Å². The molecule has 38 heavy (non-hydrogen) atoms. The summed E-state index contributed by atoms with van der Waals surface area (Å²) in [5, 5.41) is 3.84. The monoisotopic (exact) mass is 564 g/mol. The number of hydrogen-bond donors (Lipinski definition) is 1. The lowest BCUT2D eigenvalue weighted by atomic mass is 9.82. The number of ether oxygens (including phenoxy) is 2. The van der Waals surface area contributed by atoms with E-state index in [2.05, 4.69) is 37.6 Å². The van der Waals surface area contributed by atoms with Crippen molar-refractivity contribution in [2.45, 2.75) is 65.7 Å². The minimum atomic E-state index is 0.0655. The van der Waals surface area contributed by atoms with Gasteiger partial charge in [-0.1, -0.05) is 70.0 Å². The van der Waals surface area contributed by atoms with E-state index in [1.54, 1.807) is 25.3 Å². The van der Waals surface area contributed by atoms with Crippen LogP contribution in [0.3, 0.4) is 0 Å². The molecule has 0 aliphatic carbocycles. The van der Waals surface area contributed by atoms with Gasteiger partial charge in [0.1, 0.15) is 6.61 Å². The summed E-state index contributed by atoms with van der Waals surface area (Å²) < 4.78 is 11.2. The minimum Gasteiger partial charge on any atom is -0.493 e. The zero-order valence-corrected chi connectivity index (χ0v) is 25.5. The van der Waals surface area contributed by atoms with Crippen LogP contribution >= 0.6 is 23.2 Å². The lowest BCUT2D eigenvalue weighted by Crippen LogP contribution is -2.29. The number of hydrogen-bond acceptors (Lipinski definition) is 4. The maximum atomic E-state index is 10.5. The third kappa shape index (κ3) is 11.7. The molecule has 1 amide bonds. The normalized spacial score (nSPS) is 15.5. The molecule has 1 unspecified atom stereocenters. The number of anilines is 1. The van der Waals surface area contributed by atoms with Gasteiger partial charge in [0.2, 0.25) is 6.41 Å². The first-order valence-corrected chi connectivity index (χ1v) is 14.3. The summed E-state index contributed by atoms with van der Waals surface area (Å²) >= 11 is 11.8. The number of likely N-dealkylation sites (tertiary alicyclic amines) is 1. The molecule has 0 bridgehead atoms. The van der Waals surface area contributed by atoms with Crippen molar-refractivity contribution in [2.24, 2.45) is 5.92 Å². The van der Waals surface area contributed by atoms with Crippen molar-refractivity contribution in [1.29, 1.82) is 0 Å². The molecule has 5 nitrogen and oxygen atoms in total. The average molecular weight is 566 g/mol. The summed E-state index contributed by atoms with van der Waals surface area (Å²) in [4.78, 5) is 13.0. The highest BCUT2D eigenvalue weighted by atomic mass is 35.5. The molecule has 1 fully saturated rings. The second-order valence-electron chi connectivity index (χ2n) is 9.86. The molecule has 1 atom stereocenters. The number of allylic oxidation sites excluding steroid dienone is 1. The van der Waals surface area contributed by atoms with Gasteiger partial charge in [0, 0.05) is 18.3 Å². The molecule has 1 N–H and O–H groups in total. The smallest absolute Gasteiger partial charge is 0.211 e. The number of amides is 1. The summed E-state index contributed by atoms with van der Waals surface area (Å²) in [5.41, 5.74) is 1.96. The van der Waals surface area contributed by atoms with Gasteiger partial charge in [0.05, 0.1) is 17.2 Å². The Morgan fingerprint density at radius 1 is 1.08 bits per heavy atom. The first kappa shape index (κ1) is 33.8. The van der Waals surface area contributed by atoms with E-state index in [9.17, 15) is 4.79 Å². The first-order valence-electron chi connectivity index (χ1n) is 13.5. The van der Waals surface area contributed by atoms with Gasteiger partial charge in [-0.3, -0.25) is 9.69 Å². The molecule has 0 spiro atoms. The van der Waals surface area contributed by atoms with Crippen LogP contribution in [-0.4, -0.2) is 44.7 Å². The summed E-state index contributed by atoms with van der Waals surface area (Å²) in [7, 11) is 1.62. The quantitative estimate of drug-likeness (QED) is 0.231. The zero-order valence-electron chi connectivity index (χ0n) is 24.0. The van der Waals surface area contributed by atoms with Gasteiger partial charge >= 0.3 is 0 Å². The molecular formula is C31H46Cl2N2O3. The SMILES string of the molecule is C=CCC(C)(C)c1ccc(Cl)c(Cl)c1.CC.COc1ccc(NC=O)cc1OCCN1CCCC(C)CC1. The molecule has 2 aromatic carbocycles. The van der Waals surface area contributed by atoms with E-state index < -0.39 is 0 Å². The molecule has 2 aromatic rings. The van der Waals surface area contributed by atoms with Crippen LogP contribution in [-0.2, 0) is 10.2 Å². The second-order valence-corrected chi connectivity index (χ2v) is 10.7. The van der Waals surface area contributed by atoms with Gasteiger partial charge < -0.3 is 14.8 Å². The van der Waals surface area contributed by atoms with Crippen molar-refractivity contribution in [3.63, 3.8) is 0 Å². The lowest BCUT2D eigenvalue weighted by molar-refractivity contribution is -0.105. The lowest BCUT2D eigenvalue weighted by Gasteiger charge is -2.23. The Balaban J connectivity index is 0.000000389. The second kappa shape index (κ2) is 18.1. The van der Waals surface area contributed by atoms with Crippen LogP contribution in [0, 0.1) is 5.92 Å². The molecule has 1 heterocycles. The number of rotatable bonds is 10. The van der Waals surface area contributed by atoms with Gasteiger partial charge in [-0.05, 0) is 79.9 Å². The number of benzene rings is 2. The number of carbonyl (C=O) groups is 1. The van der Waals surface area contributed by atoms with E-state index in [0.29, 0.717) is 40.2 Å². The third-order valence-electron chi connectivity index (χ3n) is 6.52. The molecule has 1 aliphatic rings. The highest BCUT2D eigenvalue weighted by Gasteiger charge is 2.19. The van der Waals surface area contributed by atoms with Crippen LogP contribution in [0.2, 0.25) is 10.0 Å². The van der Waals surface area contributed by atoms with Crippen LogP contribution in [0.4, 0.5) is 5.69 Å². The molecular weight excluding hydrogens is 519 g/mol. The van der Waals surface area contributed by atoms with E-state index in [1.165, 1.54) is 24.8 Å². The number of nitrogens with zero attached hydrogens (tertiary/aromatic N) is 1. The van der Waals surface area contributed by atoms with Gasteiger partial charge in [-0.2, -0.15) is 0 Å². The maximum Gasteiger partial charge on any atom is 0.211 e. The first-order chi connectivity index (χ1) is 18.2. The van der Waals surface area contributed by atoms with Crippen LogP contribution in [0.1, 0.15) is 65.9 Å². The Morgan fingerprint density at radius 3 is 2.45 bits per heavy atom. The number of methoxy groups -OCH3 is 1.